The second-order valence-electron chi connectivity index (χ2n) is 18.4. The summed E-state index contributed by atoms with van der Waals surface area (Å²) in [5.74, 6) is 0. The van der Waals surface area contributed by atoms with Gasteiger partial charge in [-0.2, -0.15) is 0 Å². The highest BCUT2D eigenvalue weighted by Crippen LogP contribution is 2.54. The van der Waals surface area contributed by atoms with Crippen molar-refractivity contribution in [3.63, 3.8) is 0 Å². The lowest BCUT2D eigenvalue weighted by Gasteiger charge is -2.42. The fraction of sp³-hybridized carbons (Fsp3) is 0.0690. The van der Waals surface area contributed by atoms with Crippen LogP contribution in [0.5, 0.6) is 0 Å². The molecule has 63 heavy (non-hydrogen) atoms. The minimum atomic E-state index is -0.110. The van der Waals surface area contributed by atoms with Crippen molar-refractivity contribution in [1.29, 1.82) is 0 Å². The highest BCUT2D eigenvalue weighted by molar-refractivity contribution is 7.27. The fourth-order valence-corrected chi connectivity index (χ4v) is 14.4. The van der Waals surface area contributed by atoms with Gasteiger partial charge in [0.1, 0.15) is 0 Å². The maximum atomic E-state index is 2.72. The van der Waals surface area contributed by atoms with Gasteiger partial charge in [-0.25, -0.2) is 0 Å². The van der Waals surface area contributed by atoms with Gasteiger partial charge in [0.15, 0.2) is 0 Å². The van der Waals surface area contributed by atoms with E-state index in [1.165, 1.54) is 140 Å². The van der Waals surface area contributed by atoms with Gasteiger partial charge in [0.05, 0.1) is 21.4 Å². The van der Waals surface area contributed by atoms with E-state index in [0.717, 1.165) is 0 Å². The molecule has 294 valence electrons. The van der Waals surface area contributed by atoms with Gasteiger partial charge in [0.25, 0.3) is 0 Å². The Morgan fingerprint density at radius 1 is 0.508 bits per heavy atom. The fourth-order valence-electron chi connectivity index (χ4n) is 12.0. The lowest BCUT2D eigenvalue weighted by Crippen LogP contribution is -2.60. The molecule has 0 N–H and O–H groups in total. The Balaban J connectivity index is 1.14. The number of hydrogen-bond acceptors (Lipinski definition) is 3. The topological polar surface area (TPSA) is 8.17 Å². The summed E-state index contributed by atoms with van der Waals surface area (Å²) >= 11 is 3.86. The molecule has 5 heteroatoms. The number of para-hydroxylation sites is 1. The van der Waals surface area contributed by atoms with Gasteiger partial charge in [-0.05, 0) is 111 Å². The standard InChI is InChI=1S/C58H37BN2S2/c1-32-20-23-34(24-21-32)61-55-39(26-27-40-37-13-6-11-19-51(37)63-57(40)55)44-29-42(33-22-25-36-35-12-4-8-16-45(35)58(2,3)46(36)28-33)53-41-15-5-9-17-48(41)60-49-30-43-38-14-7-10-18-50(38)62-52(43)31-47(49)59(61)54(44)56(53)60/h4-31H,1-3H3. The van der Waals surface area contributed by atoms with Crippen LogP contribution in [-0.2, 0) is 5.41 Å². The van der Waals surface area contributed by atoms with Crippen LogP contribution in [0.1, 0.15) is 30.5 Å². The molecule has 0 saturated carbocycles. The van der Waals surface area contributed by atoms with Crippen molar-refractivity contribution in [2.75, 3.05) is 4.81 Å². The number of hydrogen-bond donors (Lipinski definition) is 0. The molecule has 0 unspecified atom stereocenters. The Morgan fingerprint density at radius 2 is 1.21 bits per heavy atom. The zero-order valence-electron chi connectivity index (χ0n) is 35.0. The predicted molar refractivity (Wildman–Crippen MR) is 273 cm³/mol. The van der Waals surface area contributed by atoms with Crippen LogP contribution in [0.25, 0.3) is 101 Å². The molecule has 0 bridgehead atoms. The van der Waals surface area contributed by atoms with Crippen molar-refractivity contribution < 1.29 is 0 Å². The first-order chi connectivity index (χ1) is 30.9. The molecule has 1 aliphatic carbocycles. The van der Waals surface area contributed by atoms with Crippen LogP contribution >= 0.6 is 22.7 Å². The molecule has 12 aromatic rings. The third-order valence-corrected chi connectivity index (χ3v) is 17.2. The van der Waals surface area contributed by atoms with Gasteiger partial charge in [-0.15, -0.1) is 22.7 Å². The number of thiophene rings is 2. The summed E-state index contributed by atoms with van der Waals surface area (Å²) in [7, 11) is 0. The monoisotopic (exact) mass is 836 g/mol. The average Bonchev–Trinajstić information content (AvgIpc) is 4.05. The van der Waals surface area contributed by atoms with Crippen LogP contribution in [0.2, 0.25) is 0 Å². The van der Waals surface area contributed by atoms with Crippen LogP contribution in [0.3, 0.4) is 0 Å². The number of benzene rings is 9. The molecular weight excluding hydrogens is 800 g/mol. The second kappa shape index (κ2) is 12.0. The summed E-state index contributed by atoms with van der Waals surface area (Å²) < 4.78 is 7.98. The summed E-state index contributed by atoms with van der Waals surface area (Å²) in [5.41, 5.74) is 21.0. The van der Waals surface area contributed by atoms with Crippen molar-refractivity contribution in [3.8, 4) is 39.1 Å². The molecule has 0 amide bonds. The summed E-state index contributed by atoms with van der Waals surface area (Å²) in [6, 6.07) is 65.2. The SMILES string of the molecule is Cc1ccc(N2B3c4cc5sc6ccccc6c5cc4-n4c5ccccc5c5c(-c6ccc7c(c6)C(C)(C)c6ccccc6-7)cc(c3c54)-c3ccc4c(sc5ccccc54)c32)cc1. The van der Waals surface area contributed by atoms with E-state index in [1.807, 2.05) is 22.7 Å². The van der Waals surface area contributed by atoms with Crippen LogP contribution in [0.4, 0.5) is 11.4 Å². The highest BCUT2D eigenvalue weighted by Gasteiger charge is 2.46. The molecule has 0 saturated heterocycles. The Kier molecular flexibility index (Phi) is 6.58. The Labute approximate surface area is 373 Å². The molecule has 9 aromatic carbocycles. The van der Waals surface area contributed by atoms with Crippen LogP contribution in [0, 0.1) is 6.92 Å². The van der Waals surface area contributed by atoms with Crippen molar-refractivity contribution in [2.24, 2.45) is 0 Å². The molecular formula is C58H37BN2S2. The maximum absolute atomic E-state index is 2.72. The minimum absolute atomic E-state index is 0.0718. The van der Waals surface area contributed by atoms with Crippen molar-refractivity contribution in [3.05, 3.63) is 187 Å². The predicted octanol–water partition coefficient (Wildman–Crippen LogP) is 15.0. The van der Waals surface area contributed by atoms with Gasteiger partial charge in [-0.3, -0.25) is 0 Å². The molecule has 2 nitrogen and oxygen atoms in total. The van der Waals surface area contributed by atoms with E-state index in [2.05, 4.69) is 200 Å². The van der Waals surface area contributed by atoms with E-state index >= 15 is 0 Å². The number of rotatable bonds is 2. The number of anilines is 2. The number of aryl methyl sites for hydroxylation is 1. The van der Waals surface area contributed by atoms with Crippen LogP contribution in [-0.4, -0.2) is 11.4 Å². The summed E-state index contributed by atoms with van der Waals surface area (Å²) in [5, 5.41) is 7.92. The average molecular weight is 837 g/mol. The Morgan fingerprint density at radius 3 is 2.05 bits per heavy atom. The van der Waals surface area contributed by atoms with Gasteiger partial charge < -0.3 is 9.38 Å². The molecule has 3 aromatic heterocycles. The zero-order chi connectivity index (χ0) is 41.5. The molecule has 0 atom stereocenters. The lowest BCUT2D eigenvalue weighted by molar-refractivity contribution is 0.660. The molecule has 5 heterocycles. The smallest absolute Gasteiger partial charge is 0.333 e. The zero-order valence-corrected chi connectivity index (χ0v) is 36.6. The van der Waals surface area contributed by atoms with Crippen LogP contribution < -0.4 is 15.7 Å². The van der Waals surface area contributed by atoms with Gasteiger partial charge in [0.2, 0.25) is 0 Å². The first-order valence-electron chi connectivity index (χ1n) is 22.0. The highest BCUT2D eigenvalue weighted by atomic mass is 32.1. The van der Waals surface area contributed by atoms with E-state index < -0.39 is 0 Å². The third-order valence-electron chi connectivity index (χ3n) is 14.8. The van der Waals surface area contributed by atoms with E-state index in [1.54, 1.807) is 0 Å². The summed E-state index contributed by atoms with van der Waals surface area (Å²) in [6.45, 7) is 6.93. The largest absolute Gasteiger partial charge is 0.375 e. The molecule has 3 aliphatic rings. The van der Waals surface area contributed by atoms with Crippen LogP contribution in [0.15, 0.2) is 170 Å². The number of fused-ring (bicyclic) bond motifs is 18. The Bertz CT molecular complexity index is 4030. The van der Waals surface area contributed by atoms with Gasteiger partial charge >= 0.3 is 6.85 Å². The molecule has 0 fully saturated rings. The quantitative estimate of drug-likeness (QED) is 0.158. The normalized spacial score (nSPS) is 14.3. The number of nitrogens with zero attached hydrogens (tertiary/aromatic N) is 2. The second-order valence-corrected chi connectivity index (χ2v) is 20.6. The first kappa shape index (κ1) is 34.6. The lowest BCUT2D eigenvalue weighted by atomic mass is 9.43. The van der Waals surface area contributed by atoms with Gasteiger partial charge in [0, 0.05) is 68.8 Å². The first-order valence-corrected chi connectivity index (χ1v) is 23.7. The molecule has 15 rings (SSSR count). The number of aromatic nitrogens is 1. The van der Waals surface area contributed by atoms with E-state index in [9.17, 15) is 0 Å². The van der Waals surface area contributed by atoms with Crippen molar-refractivity contribution in [1.82, 2.24) is 4.57 Å². The van der Waals surface area contributed by atoms with E-state index in [0.29, 0.717) is 0 Å². The van der Waals surface area contributed by atoms with Crippen molar-refractivity contribution in [2.45, 2.75) is 26.2 Å². The van der Waals surface area contributed by atoms with Gasteiger partial charge in [-0.1, -0.05) is 135 Å². The maximum Gasteiger partial charge on any atom is 0.333 e. The van der Waals surface area contributed by atoms with E-state index in [-0.39, 0.29) is 12.3 Å². The van der Waals surface area contributed by atoms with Crippen molar-refractivity contribution >= 4 is 114 Å². The summed E-state index contributed by atoms with van der Waals surface area (Å²) in [6.07, 6.45) is 0. The molecule has 0 radical (unpaired) electrons. The molecule has 2 aliphatic heterocycles. The van der Waals surface area contributed by atoms with E-state index in [4.69, 9.17) is 0 Å². The summed E-state index contributed by atoms with van der Waals surface area (Å²) in [4.78, 5) is 2.72. The third kappa shape index (κ3) is 4.34. The minimum Gasteiger partial charge on any atom is -0.375 e. The Hall–Kier alpha value is -6.92. The molecule has 0 spiro atoms.